The van der Waals surface area contributed by atoms with E-state index in [4.69, 9.17) is 30.8 Å². The number of fused-ring (bicyclic) bond motifs is 2. The number of nitrogens with zero attached hydrogens (tertiary/aromatic N) is 3. The third kappa shape index (κ3) is 4.96. The Balaban J connectivity index is 1.49. The number of ether oxygens (including phenoxy) is 3. The fourth-order valence-electron chi connectivity index (χ4n) is 3.84. The molecule has 7 nitrogen and oxygen atoms in total. The highest BCUT2D eigenvalue weighted by Crippen LogP contribution is 2.33. The number of rotatable bonds is 7. The number of hydrogen-bond acceptors (Lipinski definition) is 6. The number of hydrogen-bond donors (Lipinski definition) is 0. The second-order valence-electron chi connectivity index (χ2n) is 8.46. The highest BCUT2D eigenvalue weighted by atomic mass is 79.9. The summed E-state index contributed by atoms with van der Waals surface area (Å²) in [6.45, 7) is 4.60. The first-order chi connectivity index (χ1) is 17.4. The van der Waals surface area contributed by atoms with Crippen LogP contribution in [-0.2, 0) is 6.61 Å². The lowest BCUT2D eigenvalue weighted by Crippen LogP contribution is -2.23. The van der Waals surface area contributed by atoms with E-state index in [0.717, 1.165) is 22.2 Å². The summed E-state index contributed by atoms with van der Waals surface area (Å²) in [4.78, 5) is 18.2. The summed E-state index contributed by atoms with van der Waals surface area (Å²) in [7, 11) is 0. The Labute approximate surface area is 221 Å². The van der Waals surface area contributed by atoms with Gasteiger partial charge in [-0.3, -0.25) is 4.79 Å². The van der Waals surface area contributed by atoms with E-state index in [1.807, 2.05) is 37.3 Å². The van der Waals surface area contributed by atoms with Gasteiger partial charge in [-0.05, 0) is 60.5 Å². The maximum Gasteiger partial charge on any atom is 0.282 e. The lowest BCUT2D eigenvalue weighted by atomic mass is 10.1. The molecular weight excluding hydrogens is 546 g/mol. The molecule has 4 aromatic rings. The van der Waals surface area contributed by atoms with Crippen molar-refractivity contribution >= 4 is 44.6 Å². The zero-order valence-electron chi connectivity index (χ0n) is 19.7. The fraction of sp³-hybridized carbons (Fsp3) is 0.222. The lowest BCUT2D eigenvalue weighted by Gasteiger charge is -2.14. The summed E-state index contributed by atoms with van der Waals surface area (Å²) in [5.41, 5.74) is 1.97. The van der Waals surface area contributed by atoms with Crippen LogP contribution in [0.2, 0.25) is 5.02 Å². The molecule has 1 aliphatic heterocycles. The van der Waals surface area contributed by atoms with Gasteiger partial charge in [0.15, 0.2) is 11.5 Å². The highest BCUT2D eigenvalue weighted by Gasteiger charge is 2.16. The van der Waals surface area contributed by atoms with E-state index < -0.39 is 0 Å². The molecule has 0 saturated heterocycles. The monoisotopic (exact) mass is 567 g/mol. The largest absolute Gasteiger partial charge is 0.488 e. The lowest BCUT2D eigenvalue weighted by molar-refractivity contribution is 0.174. The normalized spacial score (nSPS) is 13.4. The molecule has 0 unspecified atom stereocenters. The molecule has 0 N–H and O–H groups in total. The quantitative estimate of drug-likeness (QED) is 0.237. The van der Waals surface area contributed by atoms with Gasteiger partial charge in [-0.2, -0.15) is 9.78 Å². The van der Waals surface area contributed by atoms with Gasteiger partial charge < -0.3 is 14.2 Å². The van der Waals surface area contributed by atoms with Gasteiger partial charge in [-0.1, -0.05) is 47.4 Å². The second kappa shape index (κ2) is 10.3. The zero-order chi connectivity index (χ0) is 25.2. The SMILES string of the molecule is CC[C@H](C)c1nc2ccc(Br)cc2c(=O)n1N=Cc1cc(Cl)ccc1OCc1ccc2c(c1)OCO2. The van der Waals surface area contributed by atoms with Crippen molar-refractivity contribution in [1.82, 2.24) is 9.66 Å². The third-order valence-electron chi connectivity index (χ3n) is 6.00. The Hall–Kier alpha value is -3.36. The zero-order valence-corrected chi connectivity index (χ0v) is 22.0. The molecule has 0 spiro atoms. The average molecular weight is 569 g/mol. The maximum absolute atomic E-state index is 13.4. The Morgan fingerprint density at radius 3 is 2.83 bits per heavy atom. The van der Waals surface area contributed by atoms with Crippen molar-refractivity contribution in [2.75, 3.05) is 6.79 Å². The van der Waals surface area contributed by atoms with Crippen LogP contribution in [0.3, 0.4) is 0 Å². The van der Waals surface area contributed by atoms with Crippen molar-refractivity contribution in [3.8, 4) is 17.2 Å². The molecule has 0 bridgehead atoms. The topological polar surface area (TPSA) is 74.9 Å². The predicted molar refractivity (Wildman–Crippen MR) is 144 cm³/mol. The smallest absolute Gasteiger partial charge is 0.282 e. The van der Waals surface area contributed by atoms with Crippen molar-refractivity contribution in [3.05, 3.63) is 91.4 Å². The van der Waals surface area contributed by atoms with Gasteiger partial charge in [-0.25, -0.2) is 4.98 Å². The van der Waals surface area contributed by atoms with Gasteiger partial charge in [0.25, 0.3) is 5.56 Å². The van der Waals surface area contributed by atoms with Gasteiger partial charge in [0.05, 0.1) is 17.1 Å². The summed E-state index contributed by atoms with van der Waals surface area (Å²) in [6, 6.07) is 16.4. The van der Waals surface area contributed by atoms with Crippen molar-refractivity contribution in [2.24, 2.45) is 5.10 Å². The van der Waals surface area contributed by atoms with Crippen LogP contribution in [0, 0.1) is 0 Å². The second-order valence-corrected chi connectivity index (χ2v) is 9.81. The third-order valence-corrected chi connectivity index (χ3v) is 6.73. The summed E-state index contributed by atoms with van der Waals surface area (Å²) in [6.07, 6.45) is 2.39. The first-order valence-electron chi connectivity index (χ1n) is 11.5. The molecule has 9 heteroatoms. The molecule has 0 radical (unpaired) electrons. The highest BCUT2D eigenvalue weighted by molar-refractivity contribution is 9.10. The molecule has 5 rings (SSSR count). The van der Waals surface area contributed by atoms with Crippen LogP contribution in [-0.4, -0.2) is 22.7 Å². The van der Waals surface area contributed by atoms with E-state index in [2.05, 4.69) is 28.0 Å². The van der Waals surface area contributed by atoms with Gasteiger partial charge in [0.1, 0.15) is 18.2 Å². The Morgan fingerprint density at radius 2 is 2.00 bits per heavy atom. The molecule has 0 saturated carbocycles. The Kier molecular flexibility index (Phi) is 6.98. The van der Waals surface area contributed by atoms with E-state index in [-0.39, 0.29) is 18.3 Å². The average Bonchev–Trinajstić information content (AvgIpc) is 3.35. The maximum atomic E-state index is 13.4. The van der Waals surface area contributed by atoms with Crippen LogP contribution < -0.4 is 19.8 Å². The fourth-order valence-corrected chi connectivity index (χ4v) is 4.38. The summed E-state index contributed by atoms with van der Waals surface area (Å²) < 4.78 is 19.1. The summed E-state index contributed by atoms with van der Waals surface area (Å²) in [5, 5.41) is 5.57. The molecule has 0 amide bonds. The summed E-state index contributed by atoms with van der Waals surface area (Å²) in [5.74, 6) is 2.62. The van der Waals surface area contributed by atoms with E-state index in [0.29, 0.717) is 45.4 Å². The van der Waals surface area contributed by atoms with Crippen molar-refractivity contribution < 1.29 is 14.2 Å². The molecule has 0 fully saturated rings. The van der Waals surface area contributed by atoms with Gasteiger partial charge in [-0.15, -0.1) is 0 Å². The minimum Gasteiger partial charge on any atom is -0.488 e. The van der Waals surface area contributed by atoms with Crippen LogP contribution >= 0.6 is 27.5 Å². The standard InChI is InChI=1S/C27H23BrClN3O4/c1-3-16(2)26-31-22-7-5-19(28)12-21(22)27(33)32(26)30-13-18-11-20(29)6-9-23(18)34-14-17-4-8-24-25(10-17)36-15-35-24/h4-13,16H,3,14-15H2,1-2H3/t16-/m0/s1. The minimum atomic E-state index is -0.238. The summed E-state index contributed by atoms with van der Waals surface area (Å²) >= 11 is 9.71. The van der Waals surface area contributed by atoms with E-state index >= 15 is 0 Å². The van der Waals surface area contributed by atoms with Crippen LogP contribution in [0.25, 0.3) is 10.9 Å². The Bertz CT molecular complexity index is 1540. The van der Waals surface area contributed by atoms with Crippen molar-refractivity contribution in [2.45, 2.75) is 32.8 Å². The molecule has 1 aromatic heterocycles. The molecule has 36 heavy (non-hydrogen) atoms. The van der Waals surface area contributed by atoms with Crippen LogP contribution in [0.15, 0.2) is 69.0 Å². The number of aromatic nitrogens is 2. The molecule has 0 aliphatic carbocycles. The van der Waals surface area contributed by atoms with Crippen molar-refractivity contribution in [1.29, 1.82) is 0 Å². The van der Waals surface area contributed by atoms with Crippen LogP contribution in [0.5, 0.6) is 17.2 Å². The van der Waals surface area contributed by atoms with Gasteiger partial charge in [0, 0.05) is 21.0 Å². The molecule has 2 heterocycles. The van der Waals surface area contributed by atoms with E-state index in [1.54, 1.807) is 30.5 Å². The molecular formula is C27H23BrClN3O4. The predicted octanol–water partition coefficient (Wildman–Crippen LogP) is 6.52. The molecule has 3 aromatic carbocycles. The van der Waals surface area contributed by atoms with E-state index in [9.17, 15) is 4.79 Å². The number of halogens is 2. The van der Waals surface area contributed by atoms with Crippen molar-refractivity contribution in [3.63, 3.8) is 0 Å². The van der Waals surface area contributed by atoms with Crippen LogP contribution in [0.1, 0.15) is 43.1 Å². The first kappa shape index (κ1) is 24.3. The van der Waals surface area contributed by atoms with Gasteiger partial charge >= 0.3 is 0 Å². The van der Waals surface area contributed by atoms with Gasteiger partial charge in [0.2, 0.25) is 6.79 Å². The molecule has 184 valence electrons. The number of benzene rings is 3. The first-order valence-corrected chi connectivity index (χ1v) is 12.7. The molecule has 1 atom stereocenters. The van der Waals surface area contributed by atoms with Crippen LogP contribution in [0.4, 0.5) is 0 Å². The Morgan fingerprint density at radius 1 is 1.17 bits per heavy atom. The molecule has 1 aliphatic rings. The minimum absolute atomic E-state index is 0.0315. The van der Waals surface area contributed by atoms with E-state index in [1.165, 1.54) is 4.68 Å².